The standard InChI is InChI=1S/C16H11FN4O5S/c17-10-3-1-9(2-4-10)15-20-14(26-21-15)8-18-27(23,24)11-5-6-12-13(7-11)25-16(22)19-12/h1-7,18H,8H2,(H,19,22). The number of benzene rings is 2. The van der Waals surface area contributed by atoms with Crippen molar-refractivity contribution in [3.63, 3.8) is 0 Å². The van der Waals surface area contributed by atoms with E-state index >= 15 is 0 Å². The number of H-pyrrole nitrogens is 1. The molecule has 0 radical (unpaired) electrons. The van der Waals surface area contributed by atoms with Gasteiger partial charge in [0.2, 0.25) is 21.7 Å². The van der Waals surface area contributed by atoms with E-state index in [0.29, 0.717) is 11.1 Å². The van der Waals surface area contributed by atoms with Crippen LogP contribution in [0.4, 0.5) is 4.39 Å². The number of aromatic amines is 1. The Morgan fingerprint density at radius 3 is 2.70 bits per heavy atom. The fourth-order valence-corrected chi connectivity index (χ4v) is 3.37. The van der Waals surface area contributed by atoms with Gasteiger partial charge >= 0.3 is 5.76 Å². The minimum atomic E-state index is -3.90. The number of nitrogens with one attached hydrogen (secondary N) is 2. The van der Waals surface area contributed by atoms with Gasteiger partial charge in [0.25, 0.3) is 0 Å². The Bertz CT molecular complexity index is 1270. The van der Waals surface area contributed by atoms with E-state index in [0.717, 1.165) is 0 Å². The Morgan fingerprint density at radius 2 is 1.93 bits per heavy atom. The molecule has 4 aromatic rings. The smallest absolute Gasteiger partial charge is 0.408 e. The third-order valence-electron chi connectivity index (χ3n) is 3.69. The zero-order chi connectivity index (χ0) is 19.0. The van der Waals surface area contributed by atoms with Gasteiger partial charge in [-0.3, -0.25) is 4.98 Å². The van der Waals surface area contributed by atoms with Gasteiger partial charge in [-0.2, -0.15) is 4.98 Å². The van der Waals surface area contributed by atoms with Gasteiger partial charge in [-0.1, -0.05) is 5.16 Å². The van der Waals surface area contributed by atoms with Crippen molar-refractivity contribution in [2.24, 2.45) is 0 Å². The lowest BCUT2D eigenvalue weighted by Crippen LogP contribution is -2.23. The van der Waals surface area contributed by atoms with Crippen LogP contribution in [-0.4, -0.2) is 23.5 Å². The van der Waals surface area contributed by atoms with E-state index in [1.807, 2.05) is 0 Å². The zero-order valence-corrected chi connectivity index (χ0v) is 14.3. The van der Waals surface area contributed by atoms with Gasteiger partial charge < -0.3 is 8.94 Å². The number of nitrogens with zero attached hydrogens (tertiary/aromatic N) is 2. The number of halogens is 1. The molecule has 2 N–H and O–H groups in total. The van der Waals surface area contributed by atoms with Crippen LogP contribution < -0.4 is 10.5 Å². The van der Waals surface area contributed by atoms with Crippen LogP contribution in [-0.2, 0) is 16.6 Å². The van der Waals surface area contributed by atoms with Crippen LogP contribution in [0.3, 0.4) is 0 Å². The topological polar surface area (TPSA) is 131 Å². The Labute approximate surface area is 150 Å². The fraction of sp³-hybridized carbons (Fsp3) is 0.0625. The Kier molecular flexibility index (Phi) is 4.09. The molecule has 0 saturated heterocycles. The highest BCUT2D eigenvalue weighted by Crippen LogP contribution is 2.18. The lowest BCUT2D eigenvalue weighted by atomic mass is 10.2. The highest BCUT2D eigenvalue weighted by molar-refractivity contribution is 7.89. The number of hydrogen-bond donors (Lipinski definition) is 2. The molecule has 0 unspecified atom stereocenters. The number of rotatable bonds is 5. The number of fused-ring (bicyclic) bond motifs is 1. The van der Waals surface area contributed by atoms with Gasteiger partial charge in [0.05, 0.1) is 17.0 Å². The van der Waals surface area contributed by atoms with Crippen LogP contribution in [0, 0.1) is 5.82 Å². The van der Waals surface area contributed by atoms with Crippen molar-refractivity contribution in [3.05, 3.63) is 64.7 Å². The van der Waals surface area contributed by atoms with E-state index < -0.39 is 21.6 Å². The Morgan fingerprint density at radius 1 is 1.15 bits per heavy atom. The molecule has 2 aromatic heterocycles. The summed E-state index contributed by atoms with van der Waals surface area (Å²) in [4.78, 5) is 17.6. The summed E-state index contributed by atoms with van der Waals surface area (Å²) in [7, 11) is -3.90. The maximum atomic E-state index is 13.0. The molecule has 0 aliphatic carbocycles. The predicted octanol–water partition coefficient (Wildman–Crippen LogP) is 1.79. The first-order valence-corrected chi connectivity index (χ1v) is 9.10. The van der Waals surface area contributed by atoms with Gasteiger partial charge in [0.1, 0.15) is 5.82 Å². The van der Waals surface area contributed by atoms with E-state index in [9.17, 15) is 17.6 Å². The van der Waals surface area contributed by atoms with Crippen molar-refractivity contribution in [3.8, 4) is 11.4 Å². The first-order valence-electron chi connectivity index (χ1n) is 7.62. The second-order valence-corrected chi connectivity index (χ2v) is 7.28. The monoisotopic (exact) mass is 390 g/mol. The summed E-state index contributed by atoms with van der Waals surface area (Å²) in [6.45, 7) is -0.244. The number of sulfonamides is 1. The SMILES string of the molecule is O=c1[nH]c2ccc(S(=O)(=O)NCc3nc(-c4ccc(F)cc4)no3)cc2o1. The molecule has 0 fully saturated rings. The molecule has 0 aliphatic heterocycles. The molecule has 9 nitrogen and oxygen atoms in total. The summed E-state index contributed by atoms with van der Waals surface area (Å²) >= 11 is 0. The highest BCUT2D eigenvalue weighted by atomic mass is 32.2. The molecule has 4 rings (SSSR count). The van der Waals surface area contributed by atoms with Gasteiger partial charge in [-0.05, 0) is 36.4 Å². The van der Waals surface area contributed by atoms with Gasteiger partial charge in [-0.25, -0.2) is 22.3 Å². The quantitative estimate of drug-likeness (QED) is 0.531. The maximum Gasteiger partial charge on any atom is 0.417 e. The first kappa shape index (κ1) is 17.1. The lowest BCUT2D eigenvalue weighted by Gasteiger charge is -2.04. The molecule has 11 heteroatoms. The molecule has 138 valence electrons. The Balaban J connectivity index is 1.51. The fourth-order valence-electron chi connectivity index (χ4n) is 2.38. The Hall–Kier alpha value is -3.31. The third kappa shape index (κ3) is 3.50. The molecule has 0 amide bonds. The molecule has 2 heterocycles. The summed E-state index contributed by atoms with van der Waals surface area (Å²) in [5.41, 5.74) is 1.04. The molecule has 0 atom stereocenters. The minimum absolute atomic E-state index is 0.0344. The summed E-state index contributed by atoms with van der Waals surface area (Å²) in [6.07, 6.45) is 0. The minimum Gasteiger partial charge on any atom is -0.408 e. The highest BCUT2D eigenvalue weighted by Gasteiger charge is 2.18. The van der Waals surface area contributed by atoms with Gasteiger partial charge in [0.15, 0.2) is 5.58 Å². The van der Waals surface area contributed by atoms with Crippen LogP contribution in [0.2, 0.25) is 0 Å². The van der Waals surface area contributed by atoms with E-state index in [1.54, 1.807) is 0 Å². The molecule has 0 spiro atoms. The van der Waals surface area contributed by atoms with Crippen molar-refractivity contribution >= 4 is 21.1 Å². The molecule has 0 bridgehead atoms. The van der Waals surface area contributed by atoms with Crippen LogP contribution in [0.5, 0.6) is 0 Å². The molecule has 27 heavy (non-hydrogen) atoms. The zero-order valence-electron chi connectivity index (χ0n) is 13.5. The molecular weight excluding hydrogens is 379 g/mol. The normalized spacial score (nSPS) is 11.9. The molecule has 0 saturated carbocycles. The summed E-state index contributed by atoms with van der Waals surface area (Å²) in [6, 6.07) is 9.45. The maximum absolute atomic E-state index is 13.0. The second-order valence-electron chi connectivity index (χ2n) is 5.52. The van der Waals surface area contributed by atoms with Crippen molar-refractivity contribution < 1.29 is 21.7 Å². The lowest BCUT2D eigenvalue weighted by molar-refractivity contribution is 0.376. The summed E-state index contributed by atoms with van der Waals surface area (Å²) in [5.74, 6) is -0.830. The average Bonchev–Trinajstić information content (AvgIpc) is 3.25. The first-order chi connectivity index (χ1) is 12.9. The largest absolute Gasteiger partial charge is 0.417 e. The van der Waals surface area contributed by atoms with Crippen LogP contribution in [0.25, 0.3) is 22.5 Å². The van der Waals surface area contributed by atoms with E-state index in [4.69, 9.17) is 8.94 Å². The van der Waals surface area contributed by atoms with Crippen LogP contribution in [0.1, 0.15) is 5.89 Å². The van der Waals surface area contributed by atoms with Crippen molar-refractivity contribution in [2.45, 2.75) is 11.4 Å². The third-order valence-corrected chi connectivity index (χ3v) is 5.09. The second kappa shape index (κ2) is 6.45. The van der Waals surface area contributed by atoms with Crippen LogP contribution in [0.15, 0.2) is 61.1 Å². The van der Waals surface area contributed by atoms with E-state index in [-0.39, 0.29) is 28.7 Å². The van der Waals surface area contributed by atoms with E-state index in [1.165, 1.54) is 42.5 Å². The summed E-state index contributed by atoms with van der Waals surface area (Å²) < 4.78 is 49.9. The summed E-state index contributed by atoms with van der Waals surface area (Å²) in [5, 5.41) is 3.74. The number of aromatic nitrogens is 3. The van der Waals surface area contributed by atoms with Gasteiger partial charge in [-0.15, -0.1) is 0 Å². The molecular formula is C16H11FN4O5S. The molecule has 0 aliphatic rings. The number of oxazole rings is 1. The van der Waals surface area contributed by atoms with E-state index in [2.05, 4.69) is 19.8 Å². The van der Waals surface area contributed by atoms with Crippen molar-refractivity contribution in [1.29, 1.82) is 0 Å². The van der Waals surface area contributed by atoms with Crippen molar-refractivity contribution in [2.75, 3.05) is 0 Å². The van der Waals surface area contributed by atoms with Gasteiger partial charge in [0, 0.05) is 11.6 Å². The van der Waals surface area contributed by atoms with Crippen molar-refractivity contribution in [1.82, 2.24) is 19.8 Å². The van der Waals surface area contributed by atoms with Crippen LogP contribution >= 0.6 is 0 Å². The average molecular weight is 390 g/mol. The number of hydrogen-bond acceptors (Lipinski definition) is 7. The predicted molar refractivity (Wildman–Crippen MR) is 90.6 cm³/mol. The molecule has 2 aromatic carbocycles.